The normalized spacial score (nSPS) is 11.5. The predicted octanol–water partition coefficient (Wildman–Crippen LogP) is 0.522. The van der Waals surface area contributed by atoms with Crippen LogP contribution in [-0.4, -0.2) is 25.0 Å². The van der Waals surface area contributed by atoms with E-state index in [4.69, 9.17) is 0 Å². The van der Waals surface area contributed by atoms with Gasteiger partial charge < -0.3 is 10.0 Å². The highest BCUT2D eigenvalue weighted by molar-refractivity contribution is 6.48. The van der Waals surface area contributed by atoms with Gasteiger partial charge in [-0.25, -0.2) is 0 Å². The smallest absolute Gasteiger partial charge is 0.304 e. The van der Waals surface area contributed by atoms with Gasteiger partial charge in [-0.05, 0) is 32.3 Å². The average molecular weight is 258 g/mol. The zero-order valence-corrected chi connectivity index (χ0v) is 10.9. The summed E-state index contributed by atoms with van der Waals surface area (Å²) in [5.74, 6) is 0. The van der Waals surface area contributed by atoms with Gasteiger partial charge in [-0.3, -0.25) is 0 Å². The molecule has 0 atom stereocenters. The van der Waals surface area contributed by atoms with Crippen LogP contribution in [0.5, 0.6) is 0 Å². The first kappa shape index (κ1) is 11.8. The van der Waals surface area contributed by atoms with Gasteiger partial charge in [0.25, 0.3) is 0 Å². The summed E-state index contributed by atoms with van der Waals surface area (Å²) in [6.45, 7) is 0. The molecule has 0 radical (unpaired) electrons. The second kappa shape index (κ2) is 4.23. The van der Waals surface area contributed by atoms with E-state index in [0.717, 1.165) is 32.5 Å². The Kier molecular flexibility index (Phi) is 2.49. The van der Waals surface area contributed by atoms with E-state index in [1.54, 1.807) is 0 Å². The Hall–Kier alpha value is -2.03. The van der Waals surface area contributed by atoms with Gasteiger partial charge in [0.15, 0.2) is 0 Å². The van der Waals surface area contributed by atoms with Gasteiger partial charge in [0.1, 0.15) is 0 Å². The highest BCUT2D eigenvalue weighted by atomic mass is 16.2. The van der Waals surface area contributed by atoms with Crippen molar-refractivity contribution in [2.75, 3.05) is 0 Å². The Bertz CT molecular complexity index is 790. The zero-order chi connectivity index (χ0) is 13.7. The van der Waals surface area contributed by atoms with Crippen LogP contribution in [0.25, 0.3) is 32.3 Å². The van der Waals surface area contributed by atoms with E-state index in [9.17, 15) is 10.0 Å². The molecule has 0 aliphatic rings. The van der Waals surface area contributed by atoms with Crippen LogP contribution in [0.3, 0.4) is 0 Å². The maximum Gasteiger partial charge on any atom is 0.304 e. The number of benzene rings is 4. The lowest BCUT2D eigenvalue weighted by Gasteiger charge is -2.12. The van der Waals surface area contributed by atoms with Crippen molar-refractivity contribution in [1.29, 1.82) is 0 Å². The van der Waals surface area contributed by atoms with Gasteiger partial charge in [0.05, 0.1) is 0 Å². The fourth-order valence-corrected chi connectivity index (χ4v) is 3.15. The molecule has 2 nitrogen and oxygen atoms in total. The Morgan fingerprint density at radius 1 is 0.550 bits per heavy atom. The quantitative estimate of drug-likeness (QED) is 0.406. The minimum atomic E-state index is 0.0606. The standard InChI is InChI=1S/C16H12B2O2/c19-17-13-5-9-1-2-10-6-14(18-20)8-12-4-3-11(7-13)15(9)16(10)12/h1-8,17-20H. The minimum Gasteiger partial charge on any atom is -0.449 e. The highest BCUT2D eigenvalue weighted by Crippen LogP contribution is 2.33. The van der Waals surface area contributed by atoms with E-state index in [0.29, 0.717) is 0 Å². The minimum absolute atomic E-state index is 0.0606. The van der Waals surface area contributed by atoms with Gasteiger partial charge in [0, 0.05) is 0 Å². The topological polar surface area (TPSA) is 40.5 Å². The van der Waals surface area contributed by atoms with E-state index in [1.807, 2.05) is 24.3 Å². The van der Waals surface area contributed by atoms with Crippen molar-refractivity contribution < 1.29 is 10.0 Å². The highest BCUT2D eigenvalue weighted by Gasteiger charge is 2.10. The molecular formula is C16H12B2O2. The predicted molar refractivity (Wildman–Crippen MR) is 88.1 cm³/mol. The maximum atomic E-state index is 9.36. The van der Waals surface area contributed by atoms with Crippen LogP contribution in [0, 0.1) is 0 Å². The Morgan fingerprint density at radius 2 is 0.850 bits per heavy atom. The van der Waals surface area contributed by atoms with Crippen LogP contribution in [0.15, 0.2) is 48.5 Å². The van der Waals surface area contributed by atoms with Crippen LogP contribution in [0.4, 0.5) is 0 Å². The van der Waals surface area contributed by atoms with Crippen molar-refractivity contribution in [3.8, 4) is 0 Å². The third kappa shape index (κ3) is 1.56. The van der Waals surface area contributed by atoms with E-state index in [2.05, 4.69) is 24.3 Å². The van der Waals surface area contributed by atoms with Gasteiger partial charge in [0.2, 0.25) is 0 Å². The summed E-state index contributed by atoms with van der Waals surface area (Å²) in [4.78, 5) is 0. The molecule has 2 N–H and O–H groups in total. The zero-order valence-electron chi connectivity index (χ0n) is 10.9. The first-order chi connectivity index (χ1) is 9.80. The molecule has 0 unspecified atom stereocenters. The van der Waals surface area contributed by atoms with Gasteiger partial charge in [-0.15, -0.1) is 0 Å². The van der Waals surface area contributed by atoms with E-state index >= 15 is 0 Å². The first-order valence-corrected chi connectivity index (χ1v) is 6.72. The molecule has 0 amide bonds. The van der Waals surface area contributed by atoms with Gasteiger partial charge in [-0.2, -0.15) is 0 Å². The molecule has 94 valence electrons. The molecule has 0 aliphatic carbocycles. The summed E-state index contributed by atoms with van der Waals surface area (Å²) >= 11 is 0. The second-order valence-corrected chi connectivity index (χ2v) is 5.28. The van der Waals surface area contributed by atoms with Crippen molar-refractivity contribution >= 4 is 58.2 Å². The third-order valence-corrected chi connectivity index (χ3v) is 4.02. The number of hydrogen-bond acceptors (Lipinski definition) is 2. The SMILES string of the molecule is OBc1cc2ccc3cc(BO)cc4ccc(c1)c2c34. The van der Waals surface area contributed by atoms with Crippen molar-refractivity contribution in [1.82, 2.24) is 0 Å². The van der Waals surface area contributed by atoms with E-state index < -0.39 is 0 Å². The molecule has 0 fully saturated rings. The molecule has 0 aromatic heterocycles. The molecule has 4 aromatic rings. The summed E-state index contributed by atoms with van der Waals surface area (Å²) in [6.07, 6.45) is 0. The van der Waals surface area contributed by atoms with Gasteiger partial charge in [-0.1, -0.05) is 59.5 Å². The summed E-state index contributed by atoms with van der Waals surface area (Å²) in [5, 5.41) is 25.8. The first-order valence-electron chi connectivity index (χ1n) is 6.72. The molecule has 0 saturated heterocycles. The van der Waals surface area contributed by atoms with Crippen molar-refractivity contribution in [3.05, 3.63) is 48.5 Å². The fraction of sp³-hybridized carbons (Fsp3) is 0. The summed E-state index contributed by atoms with van der Waals surface area (Å²) in [5.41, 5.74) is 1.87. The van der Waals surface area contributed by atoms with Crippen LogP contribution in [0.2, 0.25) is 0 Å². The van der Waals surface area contributed by atoms with E-state index in [1.165, 1.54) is 10.8 Å². The van der Waals surface area contributed by atoms with Crippen LogP contribution >= 0.6 is 0 Å². The van der Waals surface area contributed by atoms with Crippen LogP contribution < -0.4 is 10.9 Å². The van der Waals surface area contributed by atoms with E-state index in [-0.39, 0.29) is 15.0 Å². The lowest BCUT2D eigenvalue weighted by molar-refractivity contribution is 0.615. The fourth-order valence-electron chi connectivity index (χ4n) is 3.15. The molecule has 0 heterocycles. The van der Waals surface area contributed by atoms with Crippen molar-refractivity contribution in [2.24, 2.45) is 0 Å². The molecule has 4 rings (SSSR count). The maximum absolute atomic E-state index is 9.36. The lowest BCUT2D eigenvalue weighted by Crippen LogP contribution is -2.14. The molecule has 0 aliphatic heterocycles. The van der Waals surface area contributed by atoms with Gasteiger partial charge >= 0.3 is 15.0 Å². The Morgan fingerprint density at radius 3 is 1.10 bits per heavy atom. The molecule has 4 heteroatoms. The Labute approximate surface area is 117 Å². The number of hydrogen-bond donors (Lipinski definition) is 2. The molecule has 0 spiro atoms. The van der Waals surface area contributed by atoms with Crippen LogP contribution in [-0.2, 0) is 0 Å². The van der Waals surface area contributed by atoms with Crippen molar-refractivity contribution in [3.63, 3.8) is 0 Å². The molecule has 4 aromatic carbocycles. The average Bonchev–Trinajstić information content (AvgIpc) is 2.51. The molecule has 0 bridgehead atoms. The Balaban J connectivity index is 2.24. The molecule has 20 heavy (non-hydrogen) atoms. The van der Waals surface area contributed by atoms with Crippen LogP contribution in [0.1, 0.15) is 0 Å². The largest absolute Gasteiger partial charge is 0.449 e. The monoisotopic (exact) mass is 258 g/mol. The summed E-state index contributed by atoms with van der Waals surface area (Å²) in [7, 11) is 0.121. The summed E-state index contributed by atoms with van der Waals surface area (Å²) < 4.78 is 0. The van der Waals surface area contributed by atoms with Crippen molar-refractivity contribution in [2.45, 2.75) is 0 Å². The molecular weight excluding hydrogens is 246 g/mol. The second-order valence-electron chi connectivity index (χ2n) is 5.28. The molecule has 0 saturated carbocycles. The summed E-state index contributed by atoms with van der Waals surface area (Å²) in [6, 6.07) is 16.5. The number of rotatable bonds is 2. The third-order valence-electron chi connectivity index (χ3n) is 4.02. The lowest BCUT2D eigenvalue weighted by atomic mass is 9.81.